The summed E-state index contributed by atoms with van der Waals surface area (Å²) < 4.78 is 11.2. The summed E-state index contributed by atoms with van der Waals surface area (Å²) in [5, 5.41) is 8.48. The molecular weight excluding hydrogens is 220 g/mol. The molecule has 1 N–H and O–H groups in total. The Labute approximate surface area is 103 Å². The van der Waals surface area contributed by atoms with E-state index in [1.807, 2.05) is 0 Å². The van der Waals surface area contributed by atoms with Crippen molar-refractivity contribution in [2.75, 3.05) is 19.8 Å². The molecule has 3 atom stereocenters. The average Bonchev–Trinajstić information content (AvgIpc) is 2.28. The number of rotatable bonds is 7. The number of aliphatic carboxylic acids is 1. The van der Waals surface area contributed by atoms with Crippen molar-refractivity contribution in [3.8, 4) is 0 Å². The molecule has 0 aromatic heterocycles. The zero-order chi connectivity index (χ0) is 12.7. The maximum atomic E-state index is 10.3. The predicted molar refractivity (Wildman–Crippen MR) is 65.0 cm³/mol. The lowest BCUT2D eigenvalue weighted by atomic mass is 9.86. The minimum atomic E-state index is -0.733. The Bertz CT molecular complexity index is 229. The van der Waals surface area contributed by atoms with Gasteiger partial charge in [-0.05, 0) is 31.1 Å². The predicted octanol–water partition coefficient (Wildman–Crippen LogP) is 2.32. The van der Waals surface area contributed by atoms with Crippen LogP contribution < -0.4 is 0 Å². The number of hydrogen-bond acceptors (Lipinski definition) is 3. The minimum absolute atomic E-state index is 0.207. The van der Waals surface area contributed by atoms with Gasteiger partial charge < -0.3 is 14.6 Å². The zero-order valence-corrected chi connectivity index (χ0v) is 10.9. The second-order valence-corrected chi connectivity index (χ2v) is 4.96. The Balaban J connectivity index is 2.03. The Morgan fingerprint density at radius 1 is 1.41 bits per heavy atom. The van der Waals surface area contributed by atoms with Gasteiger partial charge in [0.15, 0.2) is 0 Å². The molecule has 1 fully saturated rings. The zero-order valence-electron chi connectivity index (χ0n) is 10.9. The maximum Gasteiger partial charge on any atom is 0.303 e. The standard InChI is InChI=1S/C13H24O4/c1-10-6-8-17-12(11(10)2)9-16-7-4-3-5-13(14)15/h10-12H,3-9H2,1-2H3,(H,14,15)/t10?,11?,12-/m1/s1. The van der Waals surface area contributed by atoms with Crippen molar-refractivity contribution in [3.05, 3.63) is 0 Å². The minimum Gasteiger partial charge on any atom is -0.481 e. The quantitative estimate of drug-likeness (QED) is 0.698. The van der Waals surface area contributed by atoms with Gasteiger partial charge in [0.1, 0.15) is 0 Å². The van der Waals surface area contributed by atoms with E-state index in [1.54, 1.807) is 0 Å². The first-order valence-electron chi connectivity index (χ1n) is 6.52. The van der Waals surface area contributed by atoms with Crippen LogP contribution in [0.15, 0.2) is 0 Å². The third kappa shape index (κ3) is 5.50. The van der Waals surface area contributed by atoms with Crippen LogP contribution in [0, 0.1) is 11.8 Å². The lowest BCUT2D eigenvalue weighted by Crippen LogP contribution is -2.36. The van der Waals surface area contributed by atoms with Gasteiger partial charge in [0.05, 0.1) is 12.7 Å². The molecule has 0 amide bonds. The Hall–Kier alpha value is -0.610. The number of carbonyl (C=O) groups is 1. The monoisotopic (exact) mass is 244 g/mol. The van der Waals surface area contributed by atoms with Crippen LogP contribution in [-0.4, -0.2) is 37.0 Å². The van der Waals surface area contributed by atoms with E-state index in [2.05, 4.69) is 13.8 Å². The van der Waals surface area contributed by atoms with Crippen LogP contribution in [0.1, 0.15) is 39.5 Å². The molecule has 0 aromatic rings. The van der Waals surface area contributed by atoms with E-state index in [9.17, 15) is 4.79 Å². The molecule has 1 aliphatic heterocycles. The fourth-order valence-electron chi connectivity index (χ4n) is 2.07. The van der Waals surface area contributed by atoms with Gasteiger partial charge in [-0.1, -0.05) is 13.8 Å². The first-order chi connectivity index (χ1) is 8.11. The lowest BCUT2D eigenvalue weighted by Gasteiger charge is -2.34. The van der Waals surface area contributed by atoms with E-state index in [-0.39, 0.29) is 12.5 Å². The summed E-state index contributed by atoms with van der Waals surface area (Å²) >= 11 is 0. The number of ether oxygens (including phenoxy) is 2. The third-order valence-corrected chi connectivity index (χ3v) is 3.60. The summed E-state index contributed by atoms with van der Waals surface area (Å²) in [5.74, 6) is 0.509. The first-order valence-corrected chi connectivity index (χ1v) is 6.52. The second-order valence-electron chi connectivity index (χ2n) is 4.96. The second kappa shape index (κ2) is 7.67. The van der Waals surface area contributed by atoms with Crippen molar-refractivity contribution < 1.29 is 19.4 Å². The van der Waals surface area contributed by atoms with Gasteiger partial charge in [0, 0.05) is 19.6 Å². The van der Waals surface area contributed by atoms with Crippen molar-refractivity contribution in [3.63, 3.8) is 0 Å². The summed E-state index contributed by atoms with van der Waals surface area (Å²) in [7, 11) is 0. The van der Waals surface area contributed by atoms with Gasteiger partial charge in [-0.25, -0.2) is 0 Å². The molecule has 4 heteroatoms. The third-order valence-electron chi connectivity index (χ3n) is 3.60. The van der Waals surface area contributed by atoms with E-state index in [0.717, 1.165) is 19.4 Å². The molecule has 100 valence electrons. The SMILES string of the molecule is CC1CCO[C@H](COCCCCC(=O)O)C1C. The van der Waals surface area contributed by atoms with Crippen molar-refractivity contribution in [2.24, 2.45) is 11.8 Å². The Kier molecular flexibility index (Phi) is 6.52. The average molecular weight is 244 g/mol. The van der Waals surface area contributed by atoms with Crippen molar-refractivity contribution in [1.82, 2.24) is 0 Å². The largest absolute Gasteiger partial charge is 0.481 e. The van der Waals surface area contributed by atoms with Gasteiger partial charge in [-0.3, -0.25) is 4.79 Å². The molecule has 0 aromatic carbocycles. The normalized spacial score (nSPS) is 29.2. The molecule has 1 rings (SSSR count). The number of carboxylic acid groups (broad SMARTS) is 1. The van der Waals surface area contributed by atoms with Crippen LogP contribution >= 0.6 is 0 Å². The van der Waals surface area contributed by atoms with Crippen LogP contribution in [0.2, 0.25) is 0 Å². The molecular formula is C13H24O4. The van der Waals surface area contributed by atoms with Gasteiger partial charge in [0.25, 0.3) is 0 Å². The number of hydrogen-bond donors (Lipinski definition) is 1. The van der Waals surface area contributed by atoms with Gasteiger partial charge in [0.2, 0.25) is 0 Å². The van der Waals surface area contributed by atoms with Crippen molar-refractivity contribution in [2.45, 2.75) is 45.6 Å². The van der Waals surface area contributed by atoms with E-state index < -0.39 is 5.97 Å². The highest BCUT2D eigenvalue weighted by atomic mass is 16.5. The van der Waals surface area contributed by atoms with Gasteiger partial charge >= 0.3 is 5.97 Å². The van der Waals surface area contributed by atoms with Crippen molar-refractivity contribution >= 4 is 5.97 Å². The molecule has 17 heavy (non-hydrogen) atoms. The molecule has 0 saturated carbocycles. The van der Waals surface area contributed by atoms with Crippen LogP contribution in [0.25, 0.3) is 0 Å². The summed E-state index contributed by atoms with van der Waals surface area (Å²) in [6, 6.07) is 0. The van der Waals surface area contributed by atoms with Crippen molar-refractivity contribution in [1.29, 1.82) is 0 Å². The van der Waals surface area contributed by atoms with Crippen LogP contribution in [-0.2, 0) is 14.3 Å². The lowest BCUT2D eigenvalue weighted by molar-refractivity contribution is -0.137. The smallest absolute Gasteiger partial charge is 0.303 e. The highest BCUT2D eigenvalue weighted by Gasteiger charge is 2.27. The fraction of sp³-hybridized carbons (Fsp3) is 0.923. The highest BCUT2D eigenvalue weighted by molar-refractivity contribution is 5.66. The molecule has 1 heterocycles. The fourth-order valence-corrected chi connectivity index (χ4v) is 2.07. The molecule has 0 spiro atoms. The van der Waals surface area contributed by atoms with E-state index in [1.165, 1.54) is 0 Å². The van der Waals surface area contributed by atoms with Gasteiger partial charge in [-0.15, -0.1) is 0 Å². The Morgan fingerprint density at radius 2 is 2.18 bits per heavy atom. The Morgan fingerprint density at radius 3 is 2.88 bits per heavy atom. The number of carboxylic acids is 1. The molecule has 4 nitrogen and oxygen atoms in total. The number of unbranched alkanes of at least 4 members (excludes halogenated alkanes) is 1. The highest BCUT2D eigenvalue weighted by Crippen LogP contribution is 2.26. The molecule has 0 bridgehead atoms. The first kappa shape index (κ1) is 14.5. The molecule has 1 aliphatic rings. The maximum absolute atomic E-state index is 10.3. The summed E-state index contributed by atoms with van der Waals surface area (Å²) in [5.41, 5.74) is 0. The molecule has 0 aliphatic carbocycles. The summed E-state index contributed by atoms with van der Waals surface area (Å²) in [4.78, 5) is 10.3. The summed E-state index contributed by atoms with van der Waals surface area (Å²) in [6.07, 6.45) is 3.07. The summed E-state index contributed by atoms with van der Waals surface area (Å²) in [6.45, 7) is 6.57. The molecule has 2 unspecified atom stereocenters. The van der Waals surface area contributed by atoms with Gasteiger partial charge in [-0.2, -0.15) is 0 Å². The van der Waals surface area contributed by atoms with Crippen LogP contribution in [0.3, 0.4) is 0 Å². The van der Waals surface area contributed by atoms with Crippen LogP contribution in [0.4, 0.5) is 0 Å². The van der Waals surface area contributed by atoms with E-state index >= 15 is 0 Å². The molecule has 0 radical (unpaired) electrons. The van der Waals surface area contributed by atoms with E-state index in [4.69, 9.17) is 14.6 Å². The molecule has 1 saturated heterocycles. The van der Waals surface area contributed by atoms with E-state index in [0.29, 0.717) is 31.5 Å². The topological polar surface area (TPSA) is 55.8 Å². The van der Waals surface area contributed by atoms with Crippen LogP contribution in [0.5, 0.6) is 0 Å².